The van der Waals surface area contributed by atoms with Gasteiger partial charge in [-0.2, -0.15) is 0 Å². The monoisotopic (exact) mass is 200 g/mol. The van der Waals surface area contributed by atoms with Crippen molar-refractivity contribution < 1.29 is 18.3 Å². The van der Waals surface area contributed by atoms with E-state index in [0.29, 0.717) is 0 Å². The number of carbonyl (C=O) groups is 1. The van der Waals surface area contributed by atoms with Crippen molar-refractivity contribution in [2.75, 3.05) is 6.61 Å². The number of hydrogen-bond acceptors (Lipinski definition) is 2. The number of ether oxygens (including phenoxy) is 1. The molecule has 0 saturated carbocycles. The lowest BCUT2D eigenvalue weighted by molar-refractivity contribution is -0.142. The maximum Gasteiger partial charge on any atom is 0.310 e. The summed E-state index contributed by atoms with van der Waals surface area (Å²) in [7, 11) is 0. The summed E-state index contributed by atoms with van der Waals surface area (Å²) >= 11 is 0. The SMILES string of the molecule is CCOC(=O)Cc1ccc(F)cc1F. The molecule has 0 aliphatic heterocycles. The van der Waals surface area contributed by atoms with Crippen molar-refractivity contribution in [1.82, 2.24) is 0 Å². The van der Waals surface area contributed by atoms with Gasteiger partial charge >= 0.3 is 5.97 Å². The van der Waals surface area contributed by atoms with Crippen LogP contribution in [0.4, 0.5) is 8.78 Å². The fourth-order valence-electron chi connectivity index (χ4n) is 1.03. The van der Waals surface area contributed by atoms with E-state index < -0.39 is 17.6 Å². The van der Waals surface area contributed by atoms with E-state index in [1.54, 1.807) is 6.92 Å². The predicted molar refractivity (Wildman–Crippen MR) is 46.7 cm³/mol. The van der Waals surface area contributed by atoms with Gasteiger partial charge in [0.1, 0.15) is 11.6 Å². The highest BCUT2D eigenvalue weighted by Gasteiger charge is 2.09. The van der Waals surface area contributed by atoms with E-state index in [2.05, 4.69) is 4.74 Å². The zero-order chi connectivity index (χ0) is 10.6. The Hall–Kier alpha value is -1.45. The Balaban J connectivity index is 2.72. The highest BCUT2D eigenvalue weighted by atomic mass is 19.1. The molecule has 0 spiro atoms. The van der Waals surface area contributed by atoms with Crippen LogP contribution < -0.4 is 0 Å². The van der Waals surface area contributed by atoms with Crippen molar-refractivity contribution in [3.05, 3.63) is 35.4 Å². The molecule has 1 aromatic carbocycles. The van der Waals surface area contributed by atoms with Gasteiger partial charge in [-0.15, -0.1) is 0 Å². The van der Waals surface area contributed by atoms with Crippen molar-refractivity contribution >= 4 is 5.97 Å². The number of esters is 1. The Morgan fingerprint density at radius 1 is 1.43 bits per heavy atom. The van der Waals surface area contributed by atoms with Gasteiger partial charge in [-0.3, -0.25) is 4.79 Å². The predicted octanol–water partition coefficient (Wildman–Crippen LogP) is 2.07. The van der Waals surface area contributed by atoms with Gasteiger partial charge in [0, 0.05) is 6.07 Å². The van der Waals surface area contributed by atoms with Gasteiger partial charge in [-0.25, -0.2) is 8.78 Å². The van der Waals surface area contributed by atoms with Crippen molar-refractivity contribution in [2.24, 2.45) is 0 Å². The molecule has 0 saturated heterocycles. The largest absolute Gasteiger partial charge is 0.466 e. The van der Waals surface area contributed by atoms with Crippen molar-refractivity contribution in [1.29, 1.82) is 0 Å². The first-order valence-electron chi connectivity index (χ1n) is 4.23. The van der Waals surface area contributed by atoms with Crippen LogP contribution in [-0.2, 0) is 16.0 Å². The van der Waals surface area contributed by atoms with Gasteiger partial charge in [0.2, 0.25) is 0 Å². The Morgan fingerprint density at radius 2 is 2.14 bits per heavy atom. The lowest BCUT2D eigenvalue weighted by Crippen LogP contribution is -2.08. The minimum Gasteiger partial charge on any atom is -0.466 e. The second kappa shape index (κ2) is 4.69. The third-order valence-electron chi connectivity index (χ3n) is 1.66. The van der Waals surface area contributed by atoms with E-state index in [1.165, 1.54) is 6.07 Å². The molecule has 0 radical (unpaired) electrons. The lowest BCUT2D eigenvalue weighted by atomic mass is 10.1. The van der Waals surface area contributed by atoms with Gasteiger partial charge in [0.15, 0.2) is 0 Å². The summed E-state index contributed by atoms with van der Waals surface area (Å²) in [5.74, 6) is -1.90. The van der Waals surface area contributed by atoms with Gasteiger partial charge in [-0.05, 0) is 18.6 Å². The Labute approximate surface area is 80.5 Å². The number of benzene rings is 1. The quantitative estimate of drug-likeness (QED) is 0.698. The first-order valence-corrected chi connectivity index (χ1v) is 4.23. The maximum absolute atomic E-state index is 13.0. The molecule has 0 heterocycles. The van der Waals surface area contributed by atoms with Crippen LogP contribution >= 0.6 is 0 Å². The molecule has 0 unspecified atom stereocenters. The minimum atomic E-state index is -0.724. The van der Waals surface area contributed by atoms with Crippen LogP contribution in [0.15, 0.2) is 18.2 Å². The second-order valence-corrected chi connectivity index (χ2v) is 2.72. The molecule has 2 nitrogen and oxygen atoms in total. The van der Waals surface area contributed by atoms with Gasteiger partial charge in [0.25, 0.3) is 0 Å². The highest BCUT2D eigenvalue weighted by molar-refractivity contribution is 5.72. The van der Waals surface area contributed by atoms with Gasteiger partial charge in [-0.1, -0.05) is 6.07 Å². The van der Waals surface area contributed by atoms with Gasteiger partial charge < -0.3 is 4.74 Å². The maximum atomic E-state index is 13.0. The smallest absolute Gasteiger partial charge is 0.310 e. The summed E-state index contributed by atoms with van der Waals surface area (Å²) in [6.45, 7) is 1.92. The van der Waals surface area contributed by atoms with Gasteiger partial charge in [0.05, 0.1) is 13.0 Å². The van der Waals surface area contributed by atoms with Crippen LogP contribution in [-0.4, -0.2) is 12.6 Å². The normalized spacial score (nSPS) is 9.93. The minimum absolute atomic E-state index is 0.143. The average Bonchev–Trinajstić information content (AvgIpc) is 2.10. The molecule has 0 aliphatic rings. The topological polar surface area (TPSA) is 26.3 Å². The summed E-state index contributed by atoms with van der Waals surface area (Å²) < 4.78 is 30.1. The van der Waals surface area contributed by atoms with Crippen LogP contribution in [0.3, 0.4) is 0 Å². The first kappa shape index (κ1) is 10.6. The Morgan fingerprint density at radius 3 is 2.71 bits per heavy atom. The summed E-state index contributed by atoms with van der Waals surface area (Å²) in [5, 5.41) is 0. The van der Waals surface area contributed by atoms with E-state index in [-0.39, 0.29) is 18.6 Å². The molecule has 0 N–H and O–H groups in total. The molecule has 76 valence electrons. The van der Waals surface area contributed by atoms with Crippen LogP contribution in [0.1, 0.15) is 12.5 Å². The van der Waals surface area contributed by atoms with Crippen molar-refractivity contribution in [3.8, 4) is 0 Å². The summed E-state index contributed by atoms with van der Waals surface area (Å²) in [4.78, 5) is 11.0. The average molecular weight is 200 g/mol. The molecule has 0 bridgehead atoms. The highest BCUT2D eigenvalue weighted by Crippen LogP contribution is 2.10. The number of hydrogen-bond donors (Lipinski definition) is 0. The number of carbonyl (C=O) groups excluding carboxylic acids is 1. The summed E-state index contributed by atoms with van der Waals surface area (Å²) in [6.07, 6.45) is -0.167. The molecule has 0 aromatic heterocycles. The zero-order valence-electron chi connectivity index (χ0n) is 7.72. The van der Waals surface area contributed by atoms with E-state index >= 15 is 0 Å². The van der Waals surface area contributed by atoms with Crippen LogP contribution in [0.2, 0.25) is 0 Å². The lowest BCUT2D eigenvalue weighted by Gasteiger charge is -2.02. The van der Waals surface area contributed by atoms with E-state index in [1.807, 2.05) is 0 Å². The van der Waals surface area contributed by atoms with Crippen molar-refractivity contribution in [3.63, 3.8) is 0 Å². The molecule has 0 aliphatic carbocycles. The molecule has 4 heteroatoms. The first-order chi connectivity index (χ1) is 6.63. The summed E-state index contributed by atoms with van der Waals surface area (Å²) in [6, 6.07) is 3.09. The molecule has 0 atom stereocenters. The Bertz CT molecular complexity index is 337. The Kier molecular flexibility index (Phi) is 3.56. The summed E-state index contributed by atoms with van der Waals surface area (Å²) in [5.41, 5.74) is 0.143. The van der Waals surface area contributed by atoms with E-state index in [4.69, 9.17) is 0 Å². The van der Waals surface area contributed by atoms with E-state index in [0.717, 1.165) is 12.1 Å². The zero-order valence-corrected chi connectivity index (χ0v) is 7.72. The van der Waals surface area contributed by atoms with Crippen molar-refractivity contribution in [2.45, 2.75) is 13.3 Å². The number of rotatable bonds is 3. The fraction of sp³-hybridized carbons (Fsp3) is 0.300. The molecule has 14 heavy (non-hydrogen) atoms. The second-order valence-electron chi connectivity index (χ2n) is 2.72. The fourth-order valence-corrected chi connectivity index (χ4v) is 1.03. The third kappa shape index (κ3) is 2.80. The molecule has 1 aromatic rings. The molecule has 1 rings (SSSR count). The van der Waals surface area contributed by atoms with Crippen LogP contribution in [0.25, 0.3) is 0 Å². The standard InChI is InChI=1S/C10H10F2O2/c1-2-14-10(13)5-7-3-4-8(11)6-9(7)12/h3-4,6H,2,5H2,1H3. The van der Waals surface area contributed by atoms with E-state index in [9.17, 15) is 13.6 Å². The molecular weight excluding hydrogens is 190 g/mol. The van der Waals surface area contributed by atoms with Crippen LogP contribution in [0, 0.1) is 11.6 Å². The molecule has 0 amide bonds. The third-order valence-corrected chi connectivity index (χ3v) is 1.66. The molecule has 0 fully saturated rings. The molecular formula is C10H10F2O2. The van der Waals surface area contributed by atoms with Crippen LogP contribution in [0.5, 0.6) is 0 Å². The number of halogens is 2.